The maximum Gasteiger partial charge on any atom is 0.274 e. The van der Waals surface area contributed by atoms with Gasteiger partial charge in [0, 0.05) is 63.8 Å². The molecule has 25 heavy (non-hydrogen) atoms. The van der Waals surface area contributed by atoms with Crippen LogP contribution in [0.1, 0.15) is 27.3 Å². The molecule has 0 saturated carbocycles. The number of amides is 1. The van der Waals surface area contributed by atoms with Gasteiger partial charge in [-0.1, -0.05) is 6.07 Å². The summed E-state index contributed by atoms with van der Waals surface area (Å²) in [5.74, 6) is 0.0753. The summed E-state index contributed by atoms with van der Waals surface area (Å²) < 4.78 is 0. The van der Waals surface area contributed by atoms with E-state index in [0.717, 1.165) is 63.5 Å². The minimum atomic E-state index is 0.0753. The monoisotopic (exact) mass is 340 g/mol. The van der Waals surface area contributed by atoms with Crippen molar-refractivity contribution in [2.45, 2.75) is 19.5 Å². The van der Waals surface area contributed by atoms with Gasteiger partial charge < -0.3 is 9.80 Å². The molecule has 0 atom stereocenters. The zero-order valence-electron chi connectivity index (χ0n) is 14.6. The fourth-order valence-corrected chi connectivity index (χ4v) is 3.59. The molecule has 0 aromatic carbocycles. The van der Waals surface area contributed by atoms with E-state index in [1.54, 1.807) is 6.20 Å². The normalized spacial score (nSPS) is 19.0. The summed E-state index contributed by atoms with van der Waals surface area (Å²) >= 11 is 0. The number of hydrogen-bond donors (Lipinski definition) is 1. The Balaban J connectivity index is 1.44. The Kier molecular flexibility index (Phi) is 4.50. The van der Waals surface area contributed by atoms with Crippen LogP contribution in [0.25, 0.3) is 0 Å². The molecule has 1 fully saturated rings. The van der Waals surface area contributed by atoms with Crippen LogP contribution >= 0.6 is 0 Å². The van der Waals surface area contributed by atoms with Crippen LogP contribution in [0.5, 0.6) is 0 Å². The number of aromatic nitrogens is 3. The first-order valence-corrected chi connectivity index (χ1v) is 8.86. The van der Waals surface area contributed by atoms with E-state index in [4.69, 9.17) is 0 Å². The second-order valence-corrected chi connectivity index (χ2v) is 6.95. The van der Waals surface area contributed by atoms with Gasteiger partial charge in [-0.25, -0.2) is 0 Å². The number of likely N-dealkylation sites (N-methyl/N-ethyl adjacent to an activating group) is 1. The number of aromatic amines is 1. The molecule has 2 aliphatic heterocycles. The van der Waals surface area contributed by atoms with E-state index in [1.807, 2.05) is 17.2 Å². The summed E-state index contributed by atoms with van der Waals surface area (Å²) in [4.78, 5) is 23.5. The molecule has 1 N–H and O–H groups in total. The molecule has 7 nitrogen and oxygen atoms in total. The van der Waals surface area contributed by atoms with Gasteiger partial charge in [-0.3, -0.25) is 19.8 Å². The van der Waals surface area contributed by atoms with Crippen LogP contribution in [0.4, 0.5) is 0 Å². The first kappa shape index (κ1) is 16.2. The van der Waals surface area contributed by atoms with Crippen LogP contribution in [0.2, 0.25) is 0 Å². The fourth-order valence-electron chi connectivity index (χ4n) is 3.59. The van der Waals surface area contributed by atoms with Gasteiger partial charge in [-0.15, -0.1) is 0 Å². The lowest BCUT2D eigenvalue weighted by atomic mass is 10.0. The lowest BCUT2D eigenvalue weighted by molar-refractivity contribution is 0.0656. The maximum atomic E-state index is 12.8. The van der Waals surface area contributed by atoms with Crippen LogP contribution in [-0.4, -0.2) is 75.6 Å². The average molecular weight is 340 g/mol. The third kappa shape index (κ3) is 3.43. The summed E-state index contributed by atoms with van der Waals surface area (Å²) in [6, 6.07) is 4.06. The number of nitrogens with one attached hydrogen (secondary N) is 1. The molecule has 4 rings (SSSR count). The Morgan fingerprint density at radius 3 is 2.84 bits per heavy atom. The Labute approximate surface area is 147 Å². The minimum absolute atomic E-state index is 0.0753. The third-order valence-electron chi connectivity index (χ3n) is 5.13. The first-order chi connectivity index (χ1) is 12.2. The van der Waals surface area contributed by atoms with Gasteiger partial charge >= 0.3 is 0 Å². The fraction of sp³-hybridized carbons (Fsp3) is 0.500. The number of carbonyl (C=O) groups is 1. The van der Waals surface area contributed by atoms with Crippen molar-refractivity contribution in [2.24, 2.45) is 0 Å². The van der Waals surface area contributed by atoms with Crippen LogP contribution < -0.4 is 0 Å². The van der Waals surface area contributed by atoms with E-state index in [9.17, 15) is 4.79 Å². The average Bonchev–Trinajstić information content (AvgIpc) is 3.06. The Morgan fingerprint density at radius 1 is 1.24 bits per heavy atom. The van der Waals surface area contributed by atoms with E-state index in [0.29, 0.717) is 5.69 Å². The number of fused-ring (bicyclic) bond motifs is 1. The quantitative estimate of drug-likeness (QED) is 0.893. The first-order valence-electron chi connectivity index (χ1n) is 8.86. The van der Waals surface area contributed by atoms with Crippen molar-refractivity contribution in [1.82, 2.24) is 29.9 Å². The molecule has 0 unspecified atom stereocenters. The van der Waals surface area contributed by atoms with Gasteiger partial charge in [0.25, 0.3) is 5.91 Å². The number of carbonyl (C=O) groups excluding carboxylic acids is 1. The summed E-state index contributed by atoms with van der Waals surface area (Å²) in [5, 5.41) is 7.47. The molecule has 0 spiro atoms. The van der Waals surface area contributed by atoms with Gasteiger partial charge in [0.05, 0.1) is 5.69 Å². The van der Waals surface area contributed by atoms with Crippen molar-refractivity contribution in [3.8, 4) is 0 Å². The third-order valence-corrected chi connectivity index (χ3v) is 5.13. The number of nitrogens with zero attached hydrogens (tertiary/aromatic N) is 5. The highest BCUT2D eigenvalue weighted by molar-refractivity contribution is 5.94. The Bertz CT molecular complexity index is 735. The highest BCUT2D eigenvalue weighted by Crippen LogP contribution is 2.22. The van der Waals surface area contributed by atoms with Crippen molar-refractivity contribution in [3.63, 3.8) is 0 Å². The molecule has 1 saturated heterocycles. The van der Waals surface area contributed by atoms with E-state index < -0.39 is 0 Å². The largest absolute Gasteiger partial charge is 0.335 e. The van der Waals surface area contributed by atoms with Crippen LogP contribution in [0, 0.1) is 0 Å². The SMILES string of the molecule is CN1CCN(C(=O)c2n[nH]c3c2CCN(Cc2cccnc2)C3)CC1. The molecule has 2 aliphatic rings. The predicted octanol–water partition coefficient (Wildman–Crippen LogP) is 0.751. The number of hydrogen-bond acceptors (Lipinski definition) is 5. The zero-order valence-corrected chi connectivity index (χ0v) is 14.6. The molecule has 0 bridgehead atoms. The smallest absolute Gasteiger partial charge is 0.274 e. The summed E-state index contributed by atoms with van der Waals surface area (Å²) in [6.07, 6.45) is 4.56. The molecule has 0 aliphatic carbocycles. The molecule has 2 aromatic heterocycles. The molecular formula is C18H24N6O. The Morgan fingerprint density at radius 2 is 2.08 bits per heavy atom. The highest BCUT2D eigenvalue weighted by atomic mass is 16.2. The minimum Gasteiger partial charge on any atom is -0.335 e. The van der Waals surface area contributed by atoms with E-state index in [1.165, 1.54) is 5.56 Å². The van der Waals surface area contributed by atoms with Crippen molar-refractivity contribution >= 4 is 5.91 Å². The summed E-state index contributed by atoms with van der Waals surface area (Å²) in [5.41, 5.74) is 4.01. The number of pyridine rings is 1. The second-order valence-electron chi connectivity index (χ2n) is 6.95. The number of piperazine rings is 1. The molecule has 4 heterocycles. The van der Waals surface area contributed by atoms with E-state index in [-0.39, 0.29) is 5.91 Å². The van der Waals surface area contributed by atoms with Gasteiger partial charge in [-0.2, -0.15) is 5.10 Å². The maximum absolute atomic E-state index is 12.8. The van der Waals surface area contributed by atoms with Gasteiger partial charge in [0.1, 0.15) is 0 Å². The van der Waals surface area contributed by atoms with Crippen LogP contribution in [0.15, 0.2) is 24.5 Å². The highest BCUT2D eigenvalue weighted by Gasteiger charge is 2.29. The molecule has 0 radical (unpaired) electrons. The molecule has 7 heteroatoms. The lowest BCUT2D eigenvalue weighted by Crippen LogP contribution is -2.47. The van der Waals surface area contributed by atoms with Crippen LogP contribution in [-0.2, 0) is 19.5 Å². The van der Waals surface area contributed by atoms with Crippen molar-refractivity contribution in [1.29, 1.82) is 0 Å². The Hall–Kier alpha value is -2.25. The van der Waals surface area contributed by atoms with Crippen LogP contribution in [0.3, 0.4) is 0 Å². The van der Waals surface area contributed by atoms with E-state index >= 15 is 0 Å². The van der Waals surface area contributed by atoms with Crippen molar-refractivity contribution < 1.29 is 4.79 Å². The number of H-pyrrole nitrogens is 1. The zero-order chi connectivity index (χ0) is 17.2. The van der Waals surface area contributed by atoms with Crippen molar-refractivity contribution in [3.05, 3.63) is 47.0 Å². The standard InChI is InChI=1S/C18H24N6O/c1-22-7-9-24(10-8-22)18(25)17-15-4-6-23(13-16(15)20-21-17)12-14-3-2-5-19-11-14/h2-3,5,11H,4,6-10,12-13H2,1H3,(H,20,21). The second kappa shape index (κ2) is 6.93. The van der Waals surface area contributed by atoms with Crippen molar-refractivity contribution in [2.75, 3.05) is 39.8 Å². The predicted molar refractivity (Wildman–Crippen MR) is 94.0 cm³/mol. The summed E-state index contributed by atoms with van der Waals surface area (Å²) in [7, 11) is 2.09. The van der Waals surface area contributed by atoms with E-state index in [2.05, 4.69) is 38.1 Å². The topological polar surface area (TPSA) is 68.4 Å². The van der Waals surface area contributed by atoms with Gasteiger partial charge in [0.15, 0.2) is 5.69 Å². The number of rotatable bonds is 3. The van der Waals surface area contributed by atoms with Gasteiger partial charge in [0.2, 0.25) is 0 Å². The molecular weight excluding hydrogens is 316 g/mol. The van der Waals surface area contributed by atoms with Gasteiger partial charge in [-0.05, 0) is 25.1 Å². The summed E-state index contributed by atoms with van der Waals surface area (Å²) in [6.45, 7) is 6.02. The molecule has 132 valence electrons. The molecule has 1 amide bonds. The molecule has 2 aromatic rings. The lowest BCUT2D eigenvalue weighted by Gasteiger charge is -2.32.